The van der Waals surface area contributed by atoms with Crippen LogP contribution in [0.25, 0.3) is 0 Å². The summed E-state index contributed by atoms with van der Waals surface area (Å²) in [5.41, 5.74) is 1.08. The molecule has 2 saturated heterocycles. The van der Waals surface area contributed by atoms with Crippen LogP contribution in [0.15, 0.2) is 24.3 Å². The Morgan fingerprint density at radius 2 is 1.87 bits per heavy atom. The van der Waals surface area contributed by atoms with Crippen molar-refractivity contribution in [1.82, 2.24) is 4.90 Å². The molecule has 2 bridgehead atoms. The average Bonchev–Trinajstić information content (AvgIpc) is 2.83. The molecular weight excluding hydrogens is 312 g/mol. The number of amides is 1. The first kappa shape index (κ1) is 16.3. The molecule has 5 nitrogen and oxygen atoms in total. The molecule has 3 rings (SSSR count). The average molecular weight is 334 g/mol. The Labute approximate surface area is 140 Å². The van der Waals surface area contributed by atoms with E-state index in [-0.39, 0.29) is 11.6 Å². The summed E-state index contributed by atoms with van der Waals surface area (Å²) in [6.07, 6.45) is 7.85. The third kappa shape index (κ3) is 3.52. The van der Waals surface area contributed by atoms with E-state index in [9.17, 15) is 14.9 Å². The number of thioether (sulfide) groups is 1. The highest BCUT2D eigenvalue weighted by molar-refractivity contribution is 7.99. The molecule has 1 aromatic carbocycles. The zero-order valence-electron chi connectivity index (χ0n) is 13.3. The summed E-state index contributed by atoms with van der Waals surface area (Å²) in [5, 5.41) is 11.4. The summed E-state index contributed by atoms with van der Waals surface area (Å²) in [5.74, 6) is 0.246. The minimum absolute atomic E-state index is 0.0947. The van der Waals surface area contributed by atoms with Gasteiger partial charge in [0, 0.05) is 35.9 Å². The van der Waals surface area contributed by atoms with E-state index in [1.807, 2.05) is 11.8 Å². The fraction of sp³-hybridized carbons (Fsp3) is 0.588. The predicted molar refractivity (Wildman–Crippen MR) is 91.6 cm³/mol. The van der Waals surface area contributed by atoms with Crippen molar-refractivity contribution in [3.05, 3.63) is 39.9 Å². The van der Waals surface area contributed by atoms with Crippen LogP contribution in [0.4, 0.5) is 5.69 Å². The fourth-order valence-electron chi connectivity index (χ4n) is 3.89. The van der Waals surface area contributed by atoms with Gasteiger partial charge in [0.15, 0.2) is 0 Å². The second kappa shape index (κ2) is 6.91. The highest BCUT2D eigenvalue weighted by atomic mass is 32.2. The van der Waals surface area contributed by atoms with Gasteiger partial charge in [0.2, 0.25) is 5.91 Å². The molecule has 1 amide bonds. The lowest BCUT2D eigenvalue weighted by Crippen LogP contribution is -2.47. The van der Waals surface area contributed by atoms with Crippen LogP contribution < -0.4 is 0 Å². The van der Waals surface area contributed by atoms with Gasteiger partial charge < -0.3 is 4.90 Å². The van der Waals surface area contributed by atoms with Gasteiger partial charge in [0.05, 0.1) is 4.92 Å². The van der Waals surface area contributed by atoms with Crippen LogP contribution >= 0.6 is 11.8 Å². The number of aryl methyl sites for hydroxylation is 1. The first-order chi connectivity index (χ1) is 11.1. The quantitative estimate of drug-likeness (QED) is 0.611. The summed E-state index contributed by atoms with van der Waals surface area (Å²) in [6.45, 7) is 0. The molecule has 2 heterocycles. The normalized spacial score (nSPS) is 26.3. The Morgan fingerprint density at radius 1 is 1.26 bits per heavy atom. The van der Waals surface area contributed by atoms with Crippen LogP contribution in [0.1, 0.15) is 37.7 Å². The number of fused-ring (bicyclic) bond motifs is 2. The number of non-ortho nitro benzene ring substituents is 1. The van der Waals surface area contributed by atoms with Gasteiger partial charge in [0.25, 0.3) is 5.69 Å². The zero-order valence-corrected chi connectivity index (χ0v) is 14.1. The molecule has 23 heavy (non-hydrogen) atoms. The molecule has 0 radical (unpaired) electrons. The van der Waals surface area contributed by atoms with Crippen LogP contribution in [0.5, 0.6) is 0 Å². The van der Waals surface area contributed by atoms with Gasteiger partial charge in [-0.2, -0.15) is 11.8 Å². The number of hydrogen-bond donors (Lipinski definition) is 0. The first-order valence-corrected chi connectivity index (χ1v) is 9.44. The Hall–Kier alpha value is -1.56. The SMILES string of the molecule is CSC1CC2CCC(C1)N2C(=O)CCc1ccc([N+](=O)[O-])cc1. The molecule has 2 aliphatic heterocycles. The fourth-order valence-corrected chi connectivity index (χ4v) is 4.72. The van der Waals surface area contributed by atoms with E-state index < -0.39 is 4.92 Å². The number of piperidine rings is 1. The second-order valence-electron chi connectivity index (χ2n) is 6.44. The van der Waals surface area contributed by atoms with Crippen molar-refractivity contribution in [1.29, 1.82) is 0 Å². The molecule has 2 aliphatic rings. The van der Waals surface area contributed by atoms with Gasteiger partial charge in [-0.25, -0.2) is 0 Å². The molecular formula is C17H22N2O3S. The van der Waals surface area contributed by atoms with E-state index in [0.29, 0.717) is 30.2 Å². The number of benzene rings is 1. The van der Waals surface area contributed by atoms with Crippen molar-refractivity contribution in [3.63, 3.8) is 0 Å². The van der Waals surface area contributed by atoms with Gasteiger partial charge in [-0.3, -0.25) is 14.9 Å². The highest BCUT2D eigenvalue weighted by Gasteiger charge is 2.42. The van der Waals surface area contributed by atoms with Crippen LogP contribution in [0, 0.1) is 10.1 Å². The molecule has 2 atom stereocenters. The minimum Gasteiger partial charge on any atom is -0.337 e. The lowest BCUT2D eigenvalue weighted by atomic mass is 10.0. The molecule has 6 heteroatoms. The van der Waals surface area contributed by atoms with E-state index >= 15 is 0 Å². The van der Waals surface area contributed by atoms with E-state index in [4.69, 9.17) is 0 Å². The Bertz CT molecular complexity index is 576. The molecule has 124 valence electrons. The maximum Gasteiger partial charge on any atom is 0.269 e. The van der Waals surface area contributed by atoms with Crippen molar-refractivity contribution in [3.8, 4) is 0 Å². The number of rotatable bonds is 5. The summed E-state index contributed by atoms with van der Waals surface area (Å²) < 4.78 is 0. The third-order valence-corrected chi connectivity index (χ3v) is 6.14. The van der Waals surface area contributed by atoms with E-state index in [0.717, 1.165) is 31.2 Å². The standard InChI is InChI=1S/C17H22N2O3S/c1-23-16-10-14-7-8-15(11-16)18(14)17(20)9-4-12-2-5-13(6-3-12)19(21)22/h2-3,5-6,14-16H,4,7-11H2,1H3. The smallest absolute Gasteiger partial charge is 0.269 e. The summed E-state index contributed by atoms with van der Waals surface area (Å²) in [6, 6.07) is 7.37. The molecule has 0 aromatic heterocycles. The molecule has 2 fully saturated rings. The number of nitro groups is 1. The zero-order chi connectivity index (χ0) is 16.4. The van der Waals surface area contributed by atoms with Crippen molar-refractivity contribution < 1.29 is 9.72 Å². The minimum atomic E-state index is -0.400. The van der Waals surface area contributed by atoms with E-state index in [1.165, 1.54) is 12.1 Å². The van der Waals surface area contributed by atoms with E-state index in [2.05, 4.69) is 11.2 Å². The van der Waals surface area contributed by atoms with Gasteiger partial charge in [-0.15, -0.1) is 0 Å². The van der Waals surface area contributed by atoms with Gasteiger partial charge in [0.1, 0.15) is 0 Å². The van der Waals surface area contributed by atoms with Crippen molar-refractivity contribution in [2.24, 2.45) is 0 Å². The van der Waals surface area contributed by atoms with Crippen molar-refractivity contribution in [2.75, 3.05) is 6.26 Å². The molecule has 2 unspecified atom stereocenters. The molecule has 0 saturated carbocycles. The number of carbonyl (C=O) groups is 1. The number of nitro benzene ring substituents is 1. The Kier molecular flexibility index (Phi) is 4.90. The predicted octanol–water partition coefficient (Wildman–Crippen LogP) is 3.41. The van der Waals surface area contributed by atoms with Crippen molar-refractivity contribution >= 4 is 23.4 Å². The molecule has 0 spiro atoms. The van der Waals surface area contributed by atoms with Gasteiger partial charge in [-0.1, -0.05) is 12.1 Å². The molecule has 0 aliphatic carbocycles. The summed E-state index contributed by atoms with van der Waals surface area (Å²) in [4.78, 5) is 25.0. The maximum atomic E-state index is 12.6. The Balaban J connectivity index is 1.56. The lowest BCUT2D eigenvalue weighted by Gasteiger charge is -2.38. The number of nitrogens with zero attached hydrogens (tertiary/aromatic N) is 2. The molecule has 0 N–H and O–H groups in total. The number of carbonyl (C=O) groups excluding carboxylic acids is 1. The monoisotopic (exact) mass is 334 g/mol. The van der Waals surface area contributed by atoms with Crippen LogP contribution in [-0.2, 0) is 11.2 Å². The van der Waals surface area contributed by atoms with Gasteiger partial charge >= 0.3 is 0 Å². The third-order valence-electron chi connectivity index (χ3n) is 5.09. The maximum absolute atomic E-state index is 12.6. The summed E-state index contributed by atoms with van der Waals surface area (Å²) in [7, 11) is 0. The van der Waals surface area contributed by atoms with Crippen LogP contribution in [0.3, 0.4) is 0 Å². The number of hydrogen-bond acceptors (Lipinski definition) is 4. The van der Waals surface area contributed by atoms with Gasteiger partial charge in [-0.05, 0) is 43.9 Å². The van der Waals surface area contributed by atoms with Crippen LogP contribution in [0.2, 0.25) is 0 Å². The Morgan fingerprint density at radius 3 is 2.39 bits per heavy atom. The second-order valence-corrected chi connectivity index (χ2v) is 7.58. The largest absolute Gasteiger partial charge is 0.337 e. The molecule has 1 aromatic rings. The highest BCUT2D eigenvalue weighted by Crippen LogP contribution is 2.39. The lowest BCUT2D eigenvalue weighted by molar-refractivity contribution is -0.384. The van der Waals surface area contributed by atoms with Crippen molar-refractivity contribution in [2.45, 2.75) is 55.9 Å². The topological polar surface area (TPSA) is 63.5 Å². The van der Waals surface area contributed by atoms with Crippen LogP contribution in [-0.4, -0.2) is 39.3 Å². The van der Waals surface area contributed by atoms with E-state index in [1.54, 1.807) is 12.1 Å². The first-order valence-electron chi connectivity index (χ1n) is 8.15. The summed E-state index contributed by atoms with van der Waals surface area (Å²) >= 11 is 1.93.